The minimum Gasteiger partial charge on any atom is -0.396 e. The van der Waals surface area contributed by atoms with Crippen molar-refractivity contribution in [1.82, 2.24) is 10.2 Å². The molecule has 17 atom stereocenters. The normalized spacial score (nSPS) is 43.5. The highest BCUT2D eigenvalue weighted by Crippen LogP contribution is 2.56. The van der Waals surface area contributed by atoms with Gasteiger partial charge in [0, 0.05) is 54.4 Å². The van der Waals surface area contributed by atoms with Crippen molar-refractivity contribution in [3.63, 3.8) is 0 Å². The molecule has 9 rings (SSSR count). The minimum absolute atomic E-state index is 0.0295. The topological polar surface area (TPSA) is 170 Å². The number of nitrogens with one attached hydrogen (secondary N) is 1. The lowest BCUT2D eigenvalue weighted by Gasteiger charge is -2.46. The SMILES string of the molecule is CC[C@@H]1CC(C)(C)O[C@@H]1CC.CC[C@@]1(CO)O[C@@H](C)CC1C.CC[C@H]1OC(C)(C)C[C@@]1(C)CO.CC[C@H]1OC(C)(C)[C@@H]2OCC12C.CC[C@H]1OC(C)(C)[C@@H]2O[C@@H](CN3CCNCC3)CC12C.CC[C@H]1OC(C)(C)[C@H](O)[C@@]1(C)CO. The summed E-state index contributed by atoms with van der Waals surface area (Å²) in [5, 5.41) is 41.2. The Morgan fingerprint density at radius 1 is 0.544 bits per heavy atom. The van der Waals surface area contributed by atoms with Crippen LogP contribution in [-0.2, 0) is 37.9 Å². The van der Waals surface area contributed by atoms with E-state index in [1.807, 2.05) is 27.7 Å². The molecule has 0 saturated carbocycles. The van der Waals surface area contributed by atoms with E-state index in [0.29, 0.717) is 42.5 Å². The van der Waals surface area contributed by atoms with E-state index in [1.54, 1.807) is 0 Å². The van der Waals surface area contributed by atoms with Crippen LogP contribution in [0.2, 0.25) is 0 Å². The molecule has 14 heteroatoms. The molecule has 0 aromatic rings. The number of piperazine rings is 1. The molecule has 0 aromatic heterocycles. The number of aliphatic hydroxyl groups excluding tert-OH is 4. The van der Waals surface area contributed by atoms with Gasteiger partial charge in [-0.05, 0) is 152 Å². The summed E-state index contributed by atoms with van der Waals surface area (Å²) in [4.78, 5) is 2.54. The first-order valence-electron chi connectivity index (χ1n) is 31.8. The van der Waals surface area contributed by atoms with Crippen molar-refractivity contribution in [3.8, 4) is 0 Å². The van der Waals surface area contributed by atoms with Gasteiger partial charge < -0.3 is 63.6 Å². The van der Waals surface area contributed by atoms with Crippen LogP contribution in [0.4, 0.5) is 0 Å². The number of nitrogens with zero attached hydrogens (tertiary/aromatic N) is 1. The molecule has 0 aliphatic carbocycles. The number of fused-ring (bicyclic) bond motifs is 2. The van der Waals surface area contributed by atoms with E-state index >= 15 is 0 Å². The maximum Gasteiger partial charge on any atom is 0.0959 e. The highest BCUT2D eigenvalue weighted by Gasteiger charge is 2.64. The Labute approximate surface area is 483 Å². The molecule has 5 N–H and O–H groups in total. The first-order valence-corrected chi connectivity index (χ1v) is 31.8. The molecule has 0 amide bonds. The summed E-state index contributed by atoms with van der Waals surface area (Å²) in [5.74, 6) is 1.29. The monoisotopic (exact) mass is 1130 g/mol. The second kappa shape index (κ2) is 27.9. The number of aliphatic hydroxyl groups is 4. The van der Waals surface area contributed by atoms with Gasteiger partial charge in [0.1, 0.15) is 0 Å². The Hall–Kier alpha value is -0.560. The van der Waals surface area contributed by atoms with E-state index in [9.17, 15) is 20.4 Å². The van der Waals surface area contributed by atoms with Gasteiger partial charge in [-0.25, -0.2) is 0 Å². The molecule has 0 spiro atoms. The van der Waals surface area contributed by atoms with Crippen LogP contribution in [0.5, 0.6) is 0 Å². The second-order valence-electron chi connectivity index (χ2n) is 29.6. The molecule has 9 fully saturated rings. The highest BCUT2D eigenvalue weighted by molar-refractivity contribution is 5.11. The zero-order valence-electron chi connectivity index (χ0n) is 55.1. The third-order valence-electron chi connectivity index (χ3n) is 20.3. The smallest absolute Gasteiger partial charge is 0.0959 e. The Balaban J connectivity index is 0.000000208. The van der Waals surface area contributed by atoms with E-state index in [-0.39, 0.29) is 82.4 Å². The van der Waals surface area contributed by atoms with Crippen molar-refractivity contribution < 1.29 is 58.3 Å². The van der Waals surface area contributed by atoms with E-state index in [4.69, 9.17) is 37.9 Å². The van der Waals surface area contributed by atoms with Crippen LogP contribution in [0.1, 0.15) is 230 Å². The molecular weight excluding hydrogens is 1000 g/mol. The van der Waals surface area contributed by atoms with Crippen LogP contribution in [0, 0.1) is 33.5 Å². The van der Waals surface area contributed by atoms with Gasteiger partial charge in [-0.3, -0.25) is 4.90 Å². The first-order chi connectivity index (χ1) is 36.5. The van der Waals surface area contributed by atoms with Crippen LogP contribution >= 0.6 is 0 Å². The molecule has 468 valence electrons. The largest absolute Gasteiger partial charge is 0.396 e. The van der Waals surface area contributed by atoms with Gasteiger partial charge in [0.25, 0.3) is 0 Å². The van der Waals surface area contributed by atoms with E-state index in [0.717, 1.165) is 96.6 Å². The van der Waals surface area contributed by atoms with Crippen LogP contribution in [0.3, 0.4) is 0 Å². The van der Waals surface area contributed by atoms with Crippen molar-refractivity contribution >= 4 is 0 Å². The van der Waals surface area contributed by atoms with Crippen LogP contribution in [0.25, 0.3) is 0 Å². The zero-order chi connectivity index (χ0) is 60.0. The Morgan fingerprint density at radius 3 is 1.46 bits per heavy atom. The first kappa shape index (κ1) is 70.9. The zero-order valence-corrected chi connectivity index (χ0v) is 55.1. The van der Waals surface area contributed by atoms with E-state index in [1.165, 1.54) is 19.3 Å². The lowest BCUT2D eigenvalue weighted by atomic mass is 9.72. The summed E-state index contributed by atoms with van der Waals surface area (Å²) in [5.41, 5.74) is -0.982. The fourth-order valence-corrected chi connectivity index (χ4v) is 16.3. The predicted molar refractivity (Wildman–Crippen MR) is 319 cm³/mol. The molecular formula is C65H126N2O12. The van der Waals surface area contributed by atoms with Gasteiger partial charge in [-0.15, -0.1) is 0 Å². The fourth-order valence-electron chi connectivity index (χ4n) is 16.3. The van der Waals surface area contributed by atoms with Gasteiger partial charge in [0.15, 0.2) is 0 Å². The van der Waals surface area contributed by atoms with Crippen LogP contribution in [-0.4, -0.2) is 179 Å². The van der Waals surface area contributed by atoms with Crippen molar-refractivity contribution in [2.24, 2.45) is 33.5 Å². The fraction of sp³-hybridized carbons (Fsp3) is 1.00. The quantitative estimate of drug-likeness (QED) is 0.125. The molecule has 14 nitrogen and oxygen atoms in total. The molecule has 0 bridgehead atoms. The van der Waals surface area contributed by atoms with E-state index < -0.39 is 17.1 Å². The molecule has 9 heterocycles. The Kier molecular flexibility index (Phi) is 25.0. The number of hydrogen-bond donors (Lipinski definition) is 5. The summed E-state index contributed by atoms with van der Waals surface area (Å²) >= 11 is 0. The van der Waals surface area contributed by atoms with Crippen molar-refractivity contribution in [2.45, 2.75) is 325 Å². The van der Waals surface area contributed by atoms with Crippen molar-refractivity contribution in [3.05, 3.63) is 0 Å². The second-order valence-corrected chi connectivity index (χ2v) is 29.6. The molecule has 9 saturated heterocycles. The third-order valence-corrected chi connectivity index (χ3v) is 20.3. The maximum absolute atomic E-state index is 9.99. The molecule has 0 aromatic carbocycles. The lowest BCUT2D eigenvalue weighted by molar-refractivity contribution is -0.181. The summed E-state index contributed by atoms with van der Waals surface area (Å²) in [7, 11) is 0. The predicted octanol–water partition coefficient (Wildman–Crippen LogP) is 11.1. The van der Waals surface area contributed by atoms with Crippen LogP contribution in [0.15, 0.2) is 0 Å². The van der Waals surface area contributed by atoms with Crippen LogP contribution < -0.4 is 5.32 Å². The van der Waals surface area contributed by atoms with Gasteiger partial charge in [0.2, 0.25) is 0 Å². The summed E-state index contributed by atoms with van der Waals surface area (Å²) in [6, 6.07) is 0. The maximum atomic E-state index is 9.99. The molecule has 9 aliphatic rings. The average Bonchev–Trinajstić information content (AvgIpc) is 4.25. The van der Waals surface area contributed by atoms with Crippen molar-refractivity contribution in [1.29, 1.82) is 0 Å². The third kappa shape index (κ3) is 16.1. The van der Waals surface area contributed by atoms with Crippen molar-refractivity contribution in [2.75, 3.05) is 59.2 Å². The number of ether oxygens (including phenoxy) is 8. The van der Waals surface area contributed by atoms with Gasteiger partial charge >= 0.3 is 0 Å². The van der Waals surface area contributed by atoms with Gasteiger partial charge in [-0.1, -0.05) is 89.5 Å². The molecule has 79 heavy (non-hydrogen) atoms. The molecule has 3 unspecified atom stereocenters. The Morgan fingerprint density at radius 2 is 1.09 bits per heavy atom. The summed E-state index contributed by atoms with van der Waals surface area (Å²) < 4.78 is 47.4. The van der Waals surface area contributed by atoms with Gasteiger partial charge in [0.05, 0.1) is 121 Å². The number of rotatable bonds is 12. The minimum atomic E-state index is -0.602. The van der Waals surface area contributed by atoms with E-state index in [2.05, 4.69) is 142 Å². The lowest BCUT2D eigenvalue weighted by Crippen LogP contribution is -2.56. The number of hydrogen-bond acceptors (Lipinski definition) is 14. The Bertz CT molecular complexity index is 1800. The molecule has 9 aliphatic heterocycles. The van der Waals surface area contributed by atoms with Gasteiger partial charge in [-0.2, -0.15) is 0 Å². The average molecular weight is 1130 g/mol. The standard InChI is InChI=1S/C16H30N2O2.C10H20O3.C10H18O2.C10H20O2.C10H20O.C9H18O2/c1-5-13-16(4)10-12(11-18-8-6-17-7-9-18)19-14(16)15(2,3)20-13;1-5-7-10(4,6-11)8(12)9(2,3)13-7;1-5-7-10(4)6-11-8(10)9(2,3)12-7;1-5-8-10(4,7-11)6-9(2,3)12-8;1-5-8-7-10(3,4)11-9(8)6-2;1-4-9(6-10)7(2)5-8(3)11-9/h12-14,17H,5-11H2,1-4H3;7-8,11-12H,5-6H2,1-4H3;7-8H,5-6H2,1-4H3;8,11H,5-7H2,1-4H3;8-9H,5-7H2,1-4H3;7-8,10H,4-6H2,1-3H3/t12-,13-,14+,16?;7-,8+,10+;7-,8+,10?;8-,10+;8-,9-;7?,8-,9-/m111110/s1. The summed E-state index contributed by atoms with van der Waals surface area (Å²) in [6.45, 7) is 55.8. The summed E-state index contributed by atoms with van der Waals surface area (Å²) in [6.07, 6.45) is 13.8. The highest BCUT2D eigenvalue weighted by atomic mass is 16.6. The molecule has 0 radical (unpaired) electrons.